The Morgan fingerprint density at radius 2 is 0.691 bits per heavy atom. The Hall–Kier alpha value is -9.19. The summed E-state index contributed by atoms with van der Waals surface area (Å²) >= 11 is 0. The number of hydrogen-bond acceptors (Lipinski definition) is 3. The van der Waals surface area contributed by atoms with Gasteiger partial charge in [-0.2, -0.15) is 9.97 Å². The molecule has 13 aromatic rings. The molecule has 0 atom stereocenters. The van der Waals surface area contributed by atoms with Crippen LogP contribution in [0.3, 0.4) is 0 Å². The lowest BCUT2D eigenvalue weighted by molar-refractivity contribution is 0.953. The Kier molecular flexibility index (Phi) is 8.22. The molecule has 0 aliphatic heterocycles. The smallest absolute Gasteiger partial charge is 0.238 e. The summed E-state index contributed by atoms with van der Waals surface area (Å²) in [6, 6.07) is 72.4. The quantitative estimate of drug-likeness (QED) is 0.153. The van der Waals surface area contributed by atoms with Gasteiger partial charge in [-0.1, -0.05) is 218 Å². The van der Waals surface area contributed by atoms with Gasteiger partial charge in [-0.15, -0.1) is 0 Å². The summed E-state index contributed by atoms with van der Waals surface area (Å²) in [4.78, 5) is 16.0. The molecule has 0 saturated carbocycles. The fourth-order valence-corrected chi connectivity index (χ4v) is 9.66. The molecule has 0 radical (unpaired) electrons. The first-order valence-corrected chi connectivity index (χ1v) is 22.6. The molecule has 0 saturated heterocycles. The van der Waals surface area contributed by atoms with Crippen molar-refractivity contribution < 1.29 is 6.85 Å². The molecule has 0 fully saturated rings. The zero-order valence-electron chi connectivity index (χ0n) is 41.5. The van der Waals surface area contributed by atoms with Crippen molar-refractivity contribution in [3.8, 4) is 78.9 Å². The predicted octanol–water partition coefficient (Wildman–Crippen LogP) is 16.1. The molecular formula is C63H41N5. The van der Waals surface area contributed by atoms with Gasteiger partial charge in [0.2, 0.25) is 5.95 Å². The van der Waals surface area contributed by atoms with E-state index in [0.717, 1.165) is 93.8 Å². The van der Waals surface area contributed by atoms with Crippen LogP contribution in [0.2, 0.25) is 0 Å². The van der Waals surface area contributed by atoms with Crippen molar-refractivity contribution in [2.24, 2.45) is 0 Å². The third-order valence-electron chi connectivity index (χ3n) is 12.9. The van der Waals surface area contributed by atoms with Gasteiger partial charge in [-0.3, -0.25) is 4.57 Å². The highest BCUT2D eigenvalue weighted by molar-refractivity contribution is 6.23. The summed E-state index contributed by atoms with van der Waals surface area (Å²) in [6.07, 6.45) is 0. The lowest BCUT2D eigenvalue weighted by Crippen LogP contribution is -2.07. The number of para-hydroxylation sites is 2. The second kappa shape index (κ2) is 16.4. The lowest BCUT2D eigenvalue weighted by Gasteiger charge is -2.16. The summed E-state index contributed by atoms with van der Waals surface area (Å²) in [5.74, 6) is 1.47. The van der Waals surface area contributed by atoms with E-state index in [-0.39, 0.29) is 29.7 Å². The second-order valence-electron chi connectivity index (χ2n) is 16.9. The maximum Gasteiger partial charge on any atom is 0.238 e. The minimum Gasteiger partial charge on any atom is -0.307 e. The number of aromatic nitrogens is 5. The normalized spacial score (nSPS) is 12.6. The van der Waals surface area contributed by atoms with Crippen molar-refractivity contribution in [1.29, 1.82) is 0 Å². The predicted molar refractivity (Wildman–Crippen MR) is 281 cm³/mol. The molecule has 0 unspecified atom stereocenters. The van der Waals surface area contributed by atoms with Gasteiger partial charge in [-0.25, -0.2) is 4.98 Å². The second-order valence-corrected chi connectivity index (χ2v) is 16.9. The van der Waals surface area contributed by atoms with Crippen LogP contribution >= 0.6 is 0 Å². The van der Waals surface area contributed by atoms with Gasteiger partial charge in [0.1, 0.15) is 0 Å². The summed E-state index contributed by atoms with van der Waals surface area (Å²) in [7, 11) is 0. The summed E-state index contributed by atoms with van der Waals surface area (Å²) in [5.41, 5.74) is 12.7. The highest BCUT2D eigenvalue weighted by Gasteiger charge is 2.24. The molecule has 0 bridgehead atoms. The minimum absolute atomic E-state index is 0.129. The zero-order valence-corrected chi connectivity index (χ0v) is 36.5. The summed E-state index contributed by atoms with van der Waals surface area (Å²) in [5, 5.41) is 4.00. The van der Waals surface area contributed by atoms with E-state index in [1.165, 1.54) is 0 Å². The average Bonchev–Trinajstić information content (AvgIpc) is 3.99. The molecule has 0 aliphatic rings. The molecule has 0 aliphatic carbocycles. The first-order valence-electron chi connectivity index (χ1n) is 25.1. The molecule has 13 rings (SSSR count). The van der Waals surface area contributed by atoms with Gasteiger partial charge in [0.05, 0.1) is 28.9 Å². The maximum absolute atomic E-state index is 9.11. The van der Waals surface area contributed by atoms with Crippen LogP contribution in [0.1, 0.15) is 6.85 Å². The number of hydrogen-bond donors (Lipinski definition) is 0. The fraction of sp³-hybridized carbons (Fsp3) is 0. The van der Waals surface area contributed by atoms with Crippen LogP contribution in [-0.4, -0.2) is 24.1 Å². The maximum atomic E-state index is 9.11. The monoisotopic (exact) mass is 872 g/mol. The third-order valence-corrected chi connectivity index (χ3v) is 12.9. The van der Waals surface area contributed by atoms with Crippen molar-refractivity contribution in [2.45, 2.75) is 0 Å². The van der Waals surface area contributed by atoms with Crippen LogP contribution in [0.5, 0.6) is 0 Å². The van der Waals surface area contributed by atoms with E-state index in [9.17, 15) is 0 Å². The van der Waals surface area contributed by atoms with Crippen molar-refractivity contribution >= 4 is 43.6 Å². The standard InChI is InChI=1S/C63H41N5/c1-5-17-42(18-6-1)46-29-33-48(34-30-46)61-64-62(49-35-31-47(32-36-49)43-19-7-2-8-20-43)66-63(65-61)68-58-28-16-14-26-54(58)56-38-37-55-53-25-13-15-27-57(53)67(59(55)60(56)68)52-40-50(44-21-9-3-10-22-44)39-51(41-52)45-23-11-4-12-24-45/h1-41H/i3D,9D,10D,21D,22D. The summed E-state index contributed by atoms with van der Waals surface area (Å²) in [6.45, 7) is 0. The molecule has 0 N–H and O–H groups in total. The van der Waals surface area contributed by atoms with Gasteiger partial charge < -0.3 is 4.57 Å². The first kappa shape index (κ1) is 34.2. The zero-order chi connectivity index (χ0) is 49.3. The highest BCUT2D eigenvalue weighted by atomic mass is 15.2. The van der Waals surface area contributed by atoms with Crippen molar-refractivity contribution in [3.05, 3.63) is 249 Å². The lowest BCUT2D eigenvalue weighted by atomic mass is 9.98. The molecule has 3 aromatic heterocycles. The van der Waals surface area contributed by atoms with Crippen LogP contribution < -0.4 is 0 Å². The van der Waals surface area contributed by atoms with Crippen molar-refractivity contribution in [2.75, 3.05) is 0 Å². The van der Waals surface area contributed by atoms with Crippen molar-refractivity contribution in [1.82, 2.24) is 24.1 Å². The van der Waals surface area contributed by atoms with E-state index >= 15 is 0 Å². The van der Waals surface area contributed by atoms with Gasteiger partial charge >= 0.3 is 0 Å². The van der Waals surface area contributed by atoms with Crippen LogP contribution in [0.25, 0.3) is 123 Å². The van der Waals surface area contributed by atoms with Gasteiger partial charge in [0, 0.05) is 38.4 Å². The van der Waals surface area contributed by atoms with Crippen LogP contribution in [-0.2, 0) is 0 Å². The molecule has 5 nitrogen and oxygen atoms in total. The van der Waals surface area contributed by atoms with Crippen LogP contribution in [0.15, 0.2) is 249 Å². The van der Waals surface area contributed by atoms with Gasteiger partial charge in [0.25, 0.3) is 0 Å². The Bertz CT molecular complexity index is 4160. The molecular weight excluding hydrogens is 827 g/mol. The molecule has 3 heterocycles. The Labute approximate surface area is 400 Å². The first-order chi connectivity index (χ1) is 35.8. The molecule has 318 valence electrons. The van der Waals surface area contributed by atoms with E-state index < -0.39 is 6.04 Å². The Balaban J connectivity index is 1.11. The van der Waals surface area contributed by atoms with E-state index in [4.69, 9.17) is 21.8 Å². The van der Waals surface area contributed by atoms with Crippen molar-refractivity contribution in [3.63, 3.8) is 0 Å². The Morgan fingerprint density at radius 3 is 1.21 bits per heavy atom. The van der Waals surface area contributed by atoms with Crippen LogP contribution in [0, 0.1) is 0 Å². The average molecular weight is 873 g/mol. The fourth-order valence-electron chi connectivity index (χ4n) is 9.66. The molecule has 5 heteroatoms. The largest absolute Gasteiger partial charge is 0.307 e. The third kappa shape index (κ3) is 6.76. The number of rotatable bonds is 8. The van der Waals surface area contributed by atoms with Gasteiger partial charge in [-0.05, 0) is 74.8 Å². The SMILES string of the molecule is [2H]c1c([2H])c([2H])c(-c2cc(-c3ccccc3)cc(-n3c4ccccc4c4ccc5c6ccccc6n(-c6nc(-c7ccc(-c8ccccc8)cc7)nc(-c7ccc(-c8ccccc8)cc7)n6)c5c43)c2)c([2H])c1[2H]. The minimum atomic E-state index is -0.436. The van der Waals surface area contributed by atoms with Crippen LogP contribution in [0.4, 0.5) is 0 Å². The number of nitrogens with zero attached hydrogens (tertiary/aromatic N) is 5. The molecule has 10 aromatic carbocycles. The van der Waals surface area contributed by atoms with Gasteiger partial charge in [0.15, 0.2) is 11.6 Å². The summed E-state index contributed by atoms with van der Waals surface area (Å²) < 4.78 is 48.3. The molecule has 68 heavy (non-hydrogen) atoms. The topological polar surface area (TPSA) is 48.5 Å². The number of fused-ring (bicyclic) bond motifs is 7. The van der Waals surface area contributed by atoms with E-state index in [0.29, 0.717) is 23.2 Å². The molecule has 0 amide bonds. The molecule has 0 spiro atoms. The van der Waals surface area contributed by atoms with E-state index in [1.54, 1.807) is 0 Å². The Morgan fingerprint density at radius 1 is 0.294 bits per heavy atom. The van der Waals surface area contributed by atoms with E-state index in [1.807, 2.05) is 97.1 Å². The number of benzene rings is 10. The highest BCUT2D eigenvalue weighted by Crippen LogP contribution is 2.43. The van der Waals surface area contributed by atoms with E-state index in [2.05, 4.69) is 130 Å².